The molecule has 0 aliphatic heterocycles. The number of rotatable bonds is 2. The molecule has 1 N–H and O–H groups in total. The minimum absolute atomic E-state index is 0.0464. The third-order valence-corrected chi connectivity index (χ3v) is 2.24. The molecule has 0 atom stereocenters. The zero-order chi connectivity index (χ0) is 12.4. The summed E-state index contributed by atoms with van der Waals surface area (Å²) in [6.07, 6.45) is 1.51. The number of aromatic nitrogens is 2. The Morgan fingerprint density at radius 2 is 2.06 bits per heavy atom. The number of hydrogen-bond donors (Lipinski definition) is 1. The zero-order valence-electron chi connectivity index (χ0n) is 8.95. The Labute approximate surface area is 95.9 Å². The molecule has 1 heterocycles. The van der Waals surface area contributed by atoms with Crippen LogP contribution in [0, 0.1) is 11.6 Å². The maximum Gasteiger partial charge on any atom is 0.256 e. The van der Waals surface area contributed by atoms with Crippen LogP contribution < -0.4 is 5.32 Å². The first-order chi connectivity index (χ1) is 8.08. The Hall–Kier alpha value is -2.24. The number of benzene rings is 1. The highest BCUT2D eigenvalue weighted by Crippen LogP contribution is 2.11. The van der Waals surface area contributed by atoms with Gasteiger partial charge < -0.3 is 5.32 Å². The number of carbonyl (C=O) groups excluding carboxylic acids is 1. The summed E-state index contributed by atoms with van der Waals surface area (Å²) < 4.78 is 27.1. The van der Waals surface area contributed by atoms with Gasteiger partial charge in [-0.25, -0.2) is 8.78 Å². The zero-order valence-corrected chi connectivity index (χ0v) is 8.95. The van der Waals surface area contributed by atoms with Gasteiger partial charge in [0.2, 0.25) is 0 Å². The van der Waals surface area contributed by atoms with E-state index >= 15 is 0 Å². The minimum Gasteiger partial charge on any atom is -0.307 e. The van der Waals surface area contributed by atoms with E-state index in [4.69, 9.17) is 0 Å². The van der Waals surface area contributed by atoms with Gasteiger partial charge in [-0.05, 0) is 18.2 Å². The Kier molecular flexibility index (Phi) is 2.86. The van der Waals surface area contributed by atoms with E-state index < -0.39 is 17.5 Å². The Bertz CT molecular complexity index is 566. The highest BCUT2D eigenvalue weighted by molar-refractivity contribution is 6.03. The standard InChI is InChI=1S/C11H9F2N3O/c1-16-10(4-5-14-16)15-11(17)7-2-3-8(12)9(13)6-7/h2-6H,1H3,(H,15,17). The molecule has 17 heavy (non-hydrogen) atoms. The second-order valence-corrected chi connectivity index (χ2v) is 3.42. The summed E-state index contributed by atoms with van der Waals surface area (Å²) in [5.41, 5.74) is 0.0464. The van der Waals surface area contributed by atoms with Crippen molar-refractivity contribution in [3.63, 3.8) is 0 Å². The Balaban J connectivity index is 2.20. The van der Waals surface area contributed by atoms with Gasteiger partial charge in [0.1, 0.15) is 5.82 Å². The molecular weight excluding hydrogens is 228 g/mol. The quantitative estimate of drug-likeness (QED) is 0.867. The van der Waals surface area contributed by atoms with Gasteiger partial charge in [0.25, 0.3) is 5.91 Å². The molecule has 0 fully saturated rings. The molecule has 2 aromatic rings. The topological polar surface area (TPSA) is 46.9 Å². The maximum absolute atomic E-state index is 12.9. The molecule has 0 unspecified atom stereocenters. The molecule has 0 saturated heterocycles. The van der Waals surface area contributed by atoms with Crippen LogP contribution in [0.5, 0.6) is 0 Å². The highest BCUT2D eigenvalue weighted by Gasteiger charge is 2.11. The summed E-state index contributed by atoms with van der Waals surface area (Å²) in [6, 6.07) is 4.57. The summed E-state index contributed by atoms with van der Waals surface area (Å²) >= 11 is 0. The fraction of sp³-hybridized carbons (Fsp3) is 0.0909. The van der Waals surface area contributed by atoms with Crippen molar-refractivity contribution in [1.82, 2.24) is 9.78 Å². The normalized spacial score (nSPS) is 10.3. The van der Waals surface area contributed by atoms with E-state index in [-0.39, 0.29) is 5.56 Å². The largest absolute Gasteiger partial charge is 0.307 e. The first-order valence-electron chi connectivity index (χ1n) is 4.82. The van der Waals surface area contributed by atoms with Gasteiger partial charge >= 0.3 is 0 Å². The summed E-state index contributed by atoms with van der Waals surface area (Å²) in [5.74, 6) is -2.09. The first kappa shape index (κ1) is 11.3. The number of hydrogen-bond acceptors (Lipinski definition) is 2. The molecule has 88 valence electrons. The number of anilines is 1. The Morgan fingerprint density at radius 1 is 1.29 bits per heavy atom. The monoisotopic (exact) mass is 237 g/mol. The minimum atomic E-state index is -1.05. The van der Waals surface area contributed by atoms with Gasteiger partial charge in [0.05, 0.1) is 6.20 Å². The van der Waals surface area contributed by atoms with E-state index in [1.54, 1.807) is 13.1 Å². The third kappa shape index (κ3) is 2.30. The molecule has 1 aromatic carbocycles. The van der Waals surface area contributed by atoms with E-state index in [1.165, 1.54) is 16.9 Å². The second-order valence-electron chi connectivity index (χ2n) is 3.42. The molecule has 0 saturated carbocycles. The third-order valence-electron chi connectivity index (χ3n) is 2.24. The van der Waals surface area contributed by atoms with Crippen molar-refractivity contribution in [2.75, 3.05) is 5.32 Å². The fourth-order valence-corrected chi connectivity index (χ4v) is 1.32. The smallest absolute Gasteiger partial charge is 0.256 e. The lowest BCUT2D eigenvalue weighted by atomic mass is 10.2. The van der Waals surface area contributed by atoms with Crippen LogP contribution in [0.1, 0.15) is 10.4 Å². The highest BCUT2D eigenvalue weighted by atomic mass is 19.2. The molecule has 6 heteroatoms. The molecular formula is C11H9F2N3O. The second kappa shape index (κ2) is 4.32. The van der Waals surface area contributed by atoms with Crippen LogP contribution in [-0.4, -0.2) is 15.7 Å². The predicted octanol–water partition coefficient (Wildman–Crippen LogP) is 1.95. The van der Waals surface area contributed by atoms with Crippen LogP contribution in [0.4, 0.5) is 14.6 Å². The van der Waals surface area contributed by atoms with Gasteiger partial charge in [0, 0.05) is 18.7 Å². The van der Waals surface area contributed by atoms with Gasteiger partial charge in [-0.15, -0.1) is 0 Å². The van der Waals surface area contributed by atoms with Gasteiger partial charge in [0.15, 0.2) is 11.6 Å². The number of halogens is 2. The number of carbonyl (C=O) groups is 1. The van der Waals surface area contributed by atoms with Crippen LogP contribution in [0.25, 0.3) is 0 Å². The molecule has 0 aliphatic rings. The van der Waals surface area contributed by atoms with E-state index in [2.05, 4.69) is 10.4 Å². The predicted molar refractivity (Wildman–Crippen MR) is 57.5 cm³/mol. The maximum atomic E-state index is 12.9. The number of nitrogens with zero attached hydrogens (tertiary/aromatic N) is 2. The molecule has 1 amide bonds. The molecule has 0 spiro atoms. The van der Waals surface area contributed by atoms with Crippen molar-refractivity contribution in [1.29, 1.82) is 0 Å². The van der Waals surface area contributed by atoms with Crippen LogP contribution >= 0.6 is 0 Å². The van der Waals surface area contributed by atoms with Crippen LogP contribution in [-0.2, 0) is 7.05 Å². The number of aryl methyl sites for hydroxylation is 1. The molecule has 0 aliphatic carbocycles. The van der Waals surface area contributed by atoms with E-state index in [9.17, 15) is 13.6 Å². The summed E-state index contributed by atoms with van der Waals surface area (Å²) in [5, 5.41) is 6.39. The van der Waals surface area contributed by atoms with Gasteiger partial charge in [-0.1, -0.05) is 0 Å². The van der Waals surface area contributed by atoms with E-state index in [1.807, 2.05) is 0 Å². The van der Waals surface area contributed by atoms with Gasteiger partial charge in [-0.3, -0.25) is 9.48 Å². The van der Waals surface area contributed by atoms with Crippen LogP contribution in [0.2, 0.25) is 0 Å². The summed E-state index contributed by atoms with van der Waals surface area (Å²) in [4.78, 5) is 11.7. The summed E-state index contributed by atoms with van der Waals surface area (Å²) in [6.45, 7) is 0. The molecule has 0 bridgehead atoms. The first-order valence-corrected chi connectivity index (χ1v) is 4.82. The molecule has 2 rings (SSSR count). The number of amides is 1. The number of nitrogens with one attached hydrogen (secondary N) is 1. The van der Waals surface area contributed by atoms with Crippen LogP contribution in [0.15, 0.2) is 30.5 Å². The van der Waals surface area contributed by atoms with Crippen molar-refractivity contribution in [3.05, 3.63) is 47.7 Å². The van der Waals surface area contributed by atoms with Crippen molar-refractivity contribution in [3.8, 4) is 0 Å². The lowest BCUT2D eigenvalue weighted by Crippen LogP contribution is -2.14. The van der Waals surface area contributed by atoms with Crippen molar-refractivity contribution in [2.45, 2.75) is 0 Å². The van der Waals surface area contributed by atoms with E-state index in [0.717, 1.165) is 12.1 Å². The van der Waals surface area contributed by atoms with Crippen molar-refractivity contribution < 1.29 is 13.6 Å². The van der Waals surface area contributed by atoms with E-state index in [0.29, 0.717) is 5.82 Å². The fourth-order valence-electron chi connectivity index (χ4n) is 1.32. The lowest BCUT2D eigenvalue weighted by molar-refractivity contribution is 0.102. The van der Waals surface area contributed by atoms with Crippen molar-refractivity contribution >= 4 is 11.7 Å². The van der Waals surface area contributed by atoms with Crippen LogP contribution in [0.3, 0.4) is 0 Å². The Morgan fingerprint density at radius 3 is 2.65 bits per heavy atom. The lowest BCUT2D eigenvalue weighted by Gasteiger charge is -2.05. The van der Waals surface area contributed by atoms with Crippen molar-refractivity contribution in [2.24, 2.45) is 7.05 Å². The van der Waals surface area contributed by atoms with Gasteiger partial charge in [-0.2, -0.15) is 5.10 Å². The molecule has 1 aromatic heterocycles. The average Bonchev–Trinajstić information content (AvgIpc) is 2.68. The average molecular weight is 237 g/mol. The molecule has 0 radical (unpaired) electrons. The summed E-state index contributed by atoms with van der Waals surface area (Å²) in [7, 11) is 1.65. The molecule has 4 nitrogen and oxygen atoms in total. The SMILES string of the molecule is Cn1nccc1NC(=O)c1ccc(F)c(F)c1.